The minimum Gasteiger partial charge on any atom is -0.360 e. The highest BCUT2D eigenvalue weighted by Gasteiger charge is 2.36. The molecule has 3 aromatic rings. The number of halogens is 3. The highest BCUT2D eigenvalue weighted by atomic mass is 19.4. The molecule has 0 unspecified atom stereocenters. The number of aromatic nitrogens is 3. The molecule has 2 heterocycles. The summed E-state index contributed by atoms with van der Waals surface area (Å²) in [5.41, 5.74) is 6.07. The minimum atomic E-state index is -4.54. The van der Waals surface area contributed by atoms with Crippen LogP contribution < -0.4 is 11.1 Å². The number of benzene rings is 1. The maximum atomic E-state index is 13.5. The summed E-state index contributed by atoms with van der Waals surface area (Å²) >= 11 is 0. The van der Waals surface area contributed by atoms with Gasteiger partial charge in [0.05, 0.1) is 5.69 Å². The summed E-state index contributed by atoms with van der Waals surface area (Å²) in [5.74, 6) is 0.192. The first-order chi connectivity index (χ1) is 12.4. The van der Waals surface area contributed by atoms with E-state index in [9.17, 15) is 13.2 Å². The quantitative estimate of drug-likeness (QED) is 0.660. The number of fused-ring (bicyclic) bond motifs is 1. The fourth-order valence-electron chi connectivity index (χ4n) is 3.46. The summed E-state index contributed by atoms with van der Waals surface area (Å²) < 4.78 is 40.5. The molecule has 4 rings (SSSR count). The number of anilines is 1. The van der Waals surface area contributed by atoms with Crippen molar-refractivity contribution in [3.63, 3.8) is 0 Å². The summed E-state index contributed by atoms with van der Waals surface area (Å²) in [4.78, 5) is 11.1. The molecule has 0 radical (unpaired) electrons. The Hall–Kier alpha value is -2.61. The molecule has 1 aliphatic carbocycles. The zero-order valence-electron chi connectivity index (χ0n) is 13.8. The summed E-state index contributed by atoms with van der Waals surface area (Å²) in [6, 6.07) is 7.38. The number of rotatable bonds is 3. The Kier molecular flexibility index (Phi) is 4.07. The highest BCUT2D eigenvalue weighted by Crippen LogP contribution is 2.38. The standard InChI is InChI=1S/C18H18F3N5/c19-18(20,21)14-9-24-17(25-11-6-5-10(22)7-11)26-16(14)13-8-23-15-4-2-1-3-12(13)15/h1-4,8-11,23H,5-7,22H2,(H,24,25,26)/t10-,11-/m0/s1. The van der Waals surface area contributed by atoms with Crippen molar-refractivity contribution < 1.29 is 13.2 Å². The lowest BCUT2D eigenvalue weighted by Gasteiger charge is -2.16. The van der Waals surface area contributed by atoms with Crippen LogP contribution in [0.3, 0.4) is 0 Å². The van der Waals surface area contributed by atoms with Gasteiger partial charge in [-0.1, -0.05) is 18.2 Å². The van der Waals surface area contributed by atoms with Crippen LogP contribution in [0.1, 0.15) is 24.8 Å². The second kappa shape index (κ2) is 6.28. The fraction of sp³-hybridized carbons (Fsp3) is 0.333. The highest BCUT2D eigenvalue weighted by molar-refractivity contribution is 5.95. The smallest absolute Gasteiger partial charge is 0.360 e. The molecule has 2 atom stereocenters. The van der Waals surface area contributed by atoms with E-state index in [0.29, 0.717) is 10.9 Å². The van der Waals surface area contributed by atoms with Crippen molar-refractivity contribution in [3.05, 3.63) is 42.2 Å². The van der Waals surface area contributed by atoms with Gasteiger partial charge in [0, 0.05) is 40.9 Å². The molecule has 4 N–H and O–H groups in total. The number of hydrogen-bond acceptors (Lipinski definition) is 4. The zero-order chi connectivity index (χ0) is 18.3. The summed E-state index contributed by atoms with van der Waals surface area (Å²) in [5, 5.41) is 3.81. The Bertz CT molecular complexity index is 934. The van der Waals surface area contributed by atoms with Crippen LogP contribution in [0.2, 0.25) is 0 Å². The number of hydrogen-bond donors (Lipinski definition) is 3. The molecule has 0 spiro atoms. The van der Waals surface area contributed by atoms with E-state index < -0.39 is 11.7 Å². The predicted octanol–water partition coefficient (Wildman–Crippen LogP) is 3.94. The molecular weight excluding hydrogens is 343 g/mol. The molecule has 0 bridgehead atoms. The van der Waals surface area contributed by atoms with Crippen LogP contribution in [0.25, 0.3) is 22.2 Å². The zero-order valence-corrected chi connectivity index (χ0v) is 13.8. The Balaban J connectivity index is 1.78. The van der Waals surface area contributed by atoms with Crippen LogP contribution in [0.4, 0.5) is 19.1 Å². The van der Waals surface area contributed by atoms with Crippen LogP contribution in [0, 0.1) is 0 Å². The monoisotopic (exact) mass is 361 g/mol. The van der Waals surface area contributed by atoms with Gasteiger partial charge < -0.3 is 16.0 Å². The molecule has 8 heteroatoms. The molecular formula is C18H18F3N5. The molecule has 1 aliphatic rings. The number of H-pyrrole nitrogens is 1. The fourth-order valence-corrected chi connectivity index (χ4v) is 3.46. The first-order valence-electron chi connectivity index (χ1n) is 8.44. The van der Waals surface area contributed by atoms with Gasteiger partial charge in [-0.05, 0) is 25.3 Å². The normalized spacial score (nSPS) is 20.6. The van der Waals surface area contributed by atoms with Crippen molar-refractivity contribution in [1.82, 2.24) is 15.0 Å². The Morgan fingerprint density at radius 2 is 2.00 bits per heavy atom. The maximum Gasteiger partial charge on any atom is 0.419 e. The van der Waals surface area contributed by atoms with Crippen LogP contribution in [0.15, 0.2) is 36.7 Å². The third-order valence-corrected chi connectivity index (χ3v) is 4.74. The van der Waals surface area contributed by atoms with Crippen molar-refractivity contribution in [2.45, 2.75) is 37.5 Å². The Morgan fingerprint density at radius 1 is 1.19 bits per heavy atom. The lowest BCUT2D eigenvalue weighted by atomic mass is 10.1. The van der Waals surface area contributed by atoms with E-state index in [1.807, 2.05) is 12.1 Å². The topological polar surface area (TPSA) is 79.6 Å². The van der Waals surface area contributed by atoms with Crippen LogP contribution >= 0.6 is 0 Å². The first-order valence-corrected chi connectivity index (χ1v) is 8.44. The number of alkyl halides is 3. The van der Waals surface area contributed by atoms with Gasteiger partial charge in [0.2, 0.25) is 5.95 Å². The SMILES string of the molecule is N[C@H]1CC[C@H](Nc2ncc(C(F)(F)F)c(-c3c[nH]c4ccccc34)n2)C1. The second-order valence-corrected chi connectivity index (χ2v) is 6.62. The average molecular weight is 361 g/mol. The molecule has 0 aliphatic heterocycles. The summed E-state index contributed by atoms with van der Waals surface area (Å²) in [6.45, 7) is 0. The first kappa shape index (κ1) is 16.8. The van der Waals surface area contributed by atoms with E-state index in [1.54, 1.807) is 18.3 Å². The van der Waals surface area contributed by atoms with Gasteiger partial charge in [-0.15, -0.1) is 0 Å². The molecule has 5 nitrogen and oxygen atoms in total. The molecule has 1 saturated carbocycles. The largest absolute Gasteiger partial charge is 0.419 e. The van der Waals surface area contributed by atoms with Crippen LogP contribution in [-0.4, -0.2) is 27.0 Å². The van der Waals surface area contributed by atoms with Gasteiger partial charge in [0.1, 0.15) is 5.56 Å². The summed E-state index contributed by atoms with van der Waals surface area (Å²) in [7, 11) is 0. The Labute approximate surface area is 147 Å². The number of nitrogens with two attached hydrogens (primary N) is 1. The van der Waals surface area contributed by atoms with Crippen molar-refractivity contribution >= 4 is 16.9 Å². The number of nitrogens with one attached hydrogen (secondary N) is 2. The third-order valence-electron chi connectivity index (χ3n) is 4.74. The van der Waals surface area contributed by atoms with E-state index in [1.165, 1.54) is 0 Å². The maximum absolute atomic E-state index is 13.5. The van der Waals surface area contributed by atoms with Gasteiger partial charge in [0.15, 0.2) is 0 Å². The Morgan fingerprint density at radius 3 is 2.73 bits per heavy atom. The molecule has 0 amide bonds. The van der Waals surface area contributed by atoms with E-state index in [4.69, 9.17) is 5.73 Å². The second-order valence-electron chi connectivity index (χ2n) is 6.62. The van der Waals surface area contributed by atoms with E-state index in [0.717, 1.165) is 31.0 Å². The van der Waals surface area contributed by atoms with Crippen molar-refractivity contribution in [2.75, 3.05) is 5.32 Å². The van der Waals surface area contributed by atoms with Gasteiger partial charge in [-0.3, -0.25) is 0 Å². The lowest BCUT2D eigenvalue weighted by Crippen LogP contribution is -2.22. The lowest BCUT2D eigenvalue weighted by molar-refractivity contribution is -0.137. The predicted molar refractivity (Wildman–Crippen MR) is 93.6 cm³/mol. The van der Waals surface area contributed by atoms with Gasteiger partial charge in [0.25, 0.3) is 0 Å². The molecule has 2 aromatic heterocycles. The van der Waals surface area contributed by atoms with E-state index >= 15 is 0 Å². The molecule has 136 valence electrons. The average Bonchev–Trinajstić information content (AvgIpc) is 3.20. The van der Waals surface area contributed by atoms with Gasteiger partial charge in [-0.25, -0.2) is 9.97 Å². The molecule has 0 saturated heterocycles. The molecule has 26 heavy (non-hydrogen) atoms. The number of para-hydroxylation sites is 1. The molecule has 1 aromatic carbocycles. The van der Waals surface area contributed by atoms with Gasteiger partial charge in [-0.2, -0.15) is 13.2 Å². The third kappa shape index (κ3) is 3.12. The summed E-state index contributed by atoms with van der Waals surface area (Å²) in [6.07, 6.45) is 0.356. The van der Waals surface area contributed by atoms with Crippen molar-refractivity contribution in [2.24, 2.45) is 5.73 Å². The van der Waals surface area contributed by atoms with E-state index in [-0.39, 0.29) is 23.7 Å². The molecule has 1 fully saturated rings. The number of aromatic amines is 1. The van der Waals surface area contributed by atoms with Crippen LogP contribution in [-0.2, 0) is 6.18 Å². The number of nitrogens with zero attached hydrogens (tertiary/aromatic N) is 2. The van der Waals surface area contributed by atoms with E-state index in [2.05, 4.69) is 20.3 Å². The minimum absolute atomic E-state index is 0.0811. The van der Waals surface area contributed by atoms with Gasteiger partial charge >= 0.3 is 6.18 Å². The van der Waals surface area contributed by atoms with Crippen molar-refractivity contribution in [1.29, 1.82) is 0 Å². The van der Waals surface area contributed by atoms with Crippen LogP contribution in [0.5, 0.6) is 0 Å². The van der Waals surface area contributed by atoms with Crippen molar-refractivity contribution in [3.8, 4) is 11.3 Å².